The summed E-state index contributed by atoms with van der Waals surface area (Å²) >= 11 is 0. The van der Waals surface area contributed by atoms with Gasteiger partial charge in [0.1, 0.15) is 0 Å². The molecule has 1 saturated carbocycles. The van der Waals surface area contributed by atoms with Crippen LogP contribution < -0.4 is 5.48 Å². The van der Waals surface area contributed by atoms with E-state index in [0.29, 0.717) is 0 Å². The SMILES string of the molecule is O=C(O)C(F)(F)CNOC1CCCC1. The van der Waals surface area contributed by atoms with Crippen LogP contribution in [-0.2, 0) is 9.63 Å². The third-order valence-electron chi connectivity index (χ3n) is 2.16. The Labute approximate surface area is 80.2 Å². The van der Waals surface area contributed by atoms with Gasteiger partial charge in [0.05, 0.1) is 12.6 Å². The van der Waals surface area contributed by atoms with Crippen molar-refractivity contribution in [2.24, 2.45) is 0 Å². The highest BCUT2D eigenvalue weighted by Crippen LogP contribution is 2.20. The molecule has 14 heavy (non-hydrogen) atoms. The Morgan fingerprint density at radius 3 is 2.57 bits per heavy atom. The van der Waals surface area contributed by atoms with Crippen LogP contribution in [0.25, 0.3) is 0 Å². The molecule has 0 amide bonds. The number of hydrogen-bond donors (Lipinski definition) is 2. The molecule has 0 heterocycles. The minimum atomic E-state index is -3.77. The first-order valence-corrected chi connectivity index (χ1v) is 4.52. The monoisotopic (exact) mass is 209 g/mol. The summed E-state index contributed by atoms with van der Waals surface area (Å²) in [5.74, 6) is -5.90. The first-order chi connectivity index (χ1) is 6.52. The zero-order valence-corrected chi connectivity index (χ0v) is 7.63. The summed E-state index contributed by atoms with van der Waals surface area (Å²) in [6.45, 7) is -0.987. The van der Waals surface area contributed by atoms with E-state index in [1.54, 1.807) is 0 Å². The van der Waals surface area contributed by atoms with Crippen molar-refractivity contribution in [2.45, 2.75) is 37.7 Å². The molecule has 0 aromatic heterocycles. The Bertz CT molecular complexity index is 205. The van der Waals surface area contributed by atoms with Crippen molar-refractivity contribution in [1.29, 1.82) is 0 Å². The number of halogens is 2. The molecule has 82 valence electrons. The molecule has 2 N–H and O–H groups in total. The number of rotatable bonds is 5. The minimum Gasteiger partial charge on any atom is -0.477 e. The summed E-state index contributed by atoms with van der Waals surface area (Å²) in [5.41, 5.74) is 2.02. The van der Waals surface area contributed by atoms with Gasteiger partial charge in [-0.3, -0.25) is 4.84 Å². The van der Waals surface area contributed by atoms with Gasteiger partial charge in [-0.2, -0.15) is 14.3 Å². The topological polar surface area (TPSA) is 58.6 Å². The van der Waals surface area contributed by atoms with Crippen LogP contribution in [0.3, 0.4) is 0 Å². The second-order valence-electron chi connectivity index (χ2n) is 3.36. The third kappa shape index (κ3) is 3.19. The lowest BCUT2D eigenvalue weighted by Crippen LogP contribution is -2.40. The van der Waals surface area contributed by atoms with Crippen LogP contribution in [0.2, 0.25) is 0 Å². The molecule has 1 aliphatic rings. The maximum Gasteiger partial charge on any atom is 0.376 e. The van der Waals surface area contributed by atoms with E-state index < -0.39 is 18.4 Å². The molecule has 1 rings (SSSR count). The summed E-state index contributed by atoms with van der Waals surface area (Å²) in [7, 11) is 0. The molecule has 1 fully saturated rings. The summed E-state index contributed by atoms with van der Waals surface area (Å²) < 4.78 is 25.0. The fraction of sp³-hybridized carbons (Fsp3) is 0.875. The third-order valence-corrected chi connectivity index (χ3v) is 2.16. The number of nitrogens with one attached hydrogen (secondary N) is 1. The molecular formula is C8H13F2NO3. The average molecular weight is 209 g/mol. The van der Waals surface area contributed by atoms with Gasteiger partial charge in [0, 0.05) is 0 Å². The Morgan fingerprint density at radius 1 is 1.50 bits per heavy atom. The van der Waals surface area contributed by atoms with Crippen LogP contribution >= 0.6 is 0 Å². The molecule has 0 aromatic rings. The summed E-state index contributed by atoms with van der Waals surface area (Å²) in [6.07, 6.45) is 3.68. The first kappa shape index (κ1) is 11.3. The van der Waals surface area contributed by atoms with Crippen molar-refractivity contribution in [3.8, 4) is 0 Å². The van der Waals surface area contributed by atoms with Gasteiger partial charge in [-0.15, -0.1) is 0 Å². The van der Waals surface area contributed by atoms with Crippen molar-refractivity contribution in [2.75, 3.05) is 6.54 Å². The second kappa shape index (κ2) is 4.65. The molecule has 0 saturated heterocycles. The Morgan fingerprint density at radius 2 is 2.07 bits per heavy atom. The van der Waals surface area contributed by atoms with Crippen LogP contribution in [-0.4, -0.2) is 29.6 Å². The number of carboxylic acids is 1. The van der Waals surface area contributed by atoms with E-state index in [4.69, 9.17) is 9.94 Å². The van der Waals surface area contributed by atoms with Crippen LogP contribution in [0.15, 0.2) is 0 Å². The molecular weight excluding hydrogens is 196 g/mol. The molecule has 0 atom stereocenters. The van der Waals surface area contributed by atoms with Gasteiger partial charge >= 0.3 is 11.9 Å². The van der Waals surface area contributed by atoms with Gasteiger partial charge in [-0.05, 0) is 12.8 Å². The van der Waals surface area contributed by atoms with E-state index in [9.17, 15) is 13.6 Å². The van der Waals surface area contributed by atoms with Crippen molar-refractivity contribution in [3.05, 3.63) is 0 Å². The first-order valence-electron chi connectivity index (χ1n) is 4.52. The quantitative estimate of drug-likeness (QED) is 0.667. The van der Waals surface area contributed by atoms with Crippen molar-refractivity contribution in [1.82, 2.24) is 5.48 Å². The standard InChI is InChI=1S/C8H13F2NO3/c9-8(10,7(12)13)5-11-14-6-3-1-2-4-6/h6,11H,1-5H2,(H,12,13). The fourth-order valence-corrected chi connectivity index (χ4v) is 1.33. The maximum atomic E-state index is 12.5. The lowest BCUT2D eigenvalue weighted by molar-refractivity contribution is -0.169. The molecule has 0 radical (unpaired) electrons. The van der Waals surface area contributed by atoms with E-state index in [1.807, 2.05) is 5.48 Å². The average Bonchev–Trinajstić information content (AvgIpc) is 2.56. The number of aliphatic carboxylic acids is 1. The number of alkyl halides is 2. The van der Waals surface area contributed by atoms with Gasteiger partial charge in [-0.1, -0.05) is 12.8 Å². The van der Waals surface area contributed by atoms with Gasteiger partial charge < -0.3 is 5.11 Å². The smallest absolute Gasteiger partial charge is 0.376 e. The van der Waals surface area contributed by atoms with E-state index in [0.717, 1.165) is 25.7 Å². The van der Waals surface area contributed by atoms with E-state index in [1.165, 1.54) is 0 Å². The van der Waals surface area contributed by atoms with Crippen LogP contribution in [0.1, 0.15) is 25.7 Å². The molecule has 0 bridgehead atoms. The lowest BCUT2D eigenvalue weighted by Gasteiger charge is -2.15. The van der Waals surface area contributed by atoms with Crippen LogP contribution in [0.5, 0.6) is 0 Å². The summed E-state index contributed by atoms with van der Waals surface area (Å²) in [6, 6.07) is 0. The fourth-order valence-electron chi connectivity index (χ4n) is 1.33. The van der Waals surface area contributed by atoms with Crippen molar-refractivity contribution < 1.29 is 23.5 Å². The van der Waals surface area contributed by atoms with Gasteiger partial charge in [0.2, 0.25) is 0 Å². The zero-order valence-electron chi connectivity index (χ0n) is 7.63. The number of carbonyl (C=O) groups is 1. The normalized spacial score (nSPS) is 18.7. The predicted molar refractivity (Wildman–Crippen MR) is 43.9 cm³/mol. The molecule has 0 aromatic carbocycles. The Balaban J connectivity index is 2.16. The molecule has 4 nitrogen and oxygen atoms in total. The number of hydroxylamine groups is 1. The van der Waals surface area contributed by atoms with Crippen LogP contribution in [0.4, 0.5) is 8.78 Å². The van der Waals surface area contributed by atoms with Crippen LogP contribution in [0, 0.1) is 0 Å². The minimum absolute atomic E-state index is 0.0559. The molecule has 0 spiro atoms. The molecule has 6 heteroatoms. The molecule has 1 aliphatic carbocycles. The van der Waals surface area contributed by atoms with E-state index in [-0.39, 0.29) is 6.10 Å². The predicted octanol–water partition coefficient (Wildman–Crippen LogP) is 1.17. The second-order valence-corrected chi connectivity index (χ2v) is 3.36. The van der Waals surface area contributed by atoms with Gasteiger partial charge in [0.25, 0.3) is 0 Å². The van der Waals surface area contributed by atoms with E-state index in [2.05, 4.69) is 0 Å². The largest absolute Gasteiger partial charge is 0.477 e. The Hall–Kier alpha value is -0.750. The highest BCUT2D eigenvalue weighted by Gasteiger charge is 2.38. The van der Waals surface area contributed by atoms with Crippen molar-refractivity contribution in [3.63, 3.8) is 0 Å². The van der Waals surface area contributed by atoms with Gasteiger partial charge in [-0.25, -0.2) is 4.79 Å². The Kier molecular flexibility index (Phi) is 3.77. The van der Waals surface area contributed by atoms with Gasteiger partial charge in [0.15, 0.2) is 0 Å². The molecule has 0 aliphatic heterocycles. The number of carboxylic acid groups (broad SMARTS) is 1. The lowest BCUT2D eigenvalue weighted by atomic mass is 10.3. The molecule has 0 unspecified atom stereocenters. The number of hydrogen-bond acceptors (Lipinski definition) is 3. The van der Waals surface area contributed by atoms with E-state index >= 15 is 0 Å². The zero-order chi connectivity index (χ0) is 10.6. The van der Waals surface area contributed by atoms with Crippen molar-refractivity contribution >= 4 is 5.97 Å². The maximum absolute atomic E-state index is 12.5. The highest BCUT2D eigenvalue weighted by atomic mass is 19.3. The summed E-state index contributed by atoms with van der Waals surface area (Å²) in [4.78, 5) is 14.9. The summed E-state index contributed by atoms with van der Waals surface area (Å²) in [5, 5.41) is 8.09. The highest BCUT2D eigenvalue weighted by molar-refractivity contribution is 5.75.